The normalized spacial score (nSPS) is 17.7. The molecule has 0 aromatic carbocycles. The Balaban J connectivity index is 2.39. The Labute approximate surface area is 76.3 Å². The minimum absolute atomic E-state index is 0.377. The number of thiocarbonyl (C=S) groups is 1. The number of urea groups is 1. The molecule has 0 aliphatic carbocycles. The van der Waals surface area contributed by atoms with Gasteiger partial charge in [0.25, 0.3) is 0 Å². The van der Waals surface area contributed by atoms with Gasteiger partial charge in [0, 0.05) is 26.2 Å². The third-order valence-corrected chi connectivity index (χ3v) is 2.16. The lowest BCUT2D eigenvalue weighted by Crippen LogP contribution is -2.53. The number of hydrogen-bond acceptors (Lipinski definition) is 2. The molecule has 0 spiro atoms. The average Bonchev–Trinajstić information content (AvgIpc) is 2.04. The number of carbonyl (C=O) groups excluding carboxylic acids is 1. The predicted molar refractivity (Wildman–Crippen MR) is 49.5 cm³/mol. The van der Waals surface area contributed by atoms with Crippen LogP contribution in [0.1, 0.15) is 0 Å². The van der Waals surface area contributed by atoms with Gasteiger partial charge in [0.2, 0.25) is 0 Å². The maximum Gasteiger partial charge on any atom is 0.314 e. The van der Waals surface area contributed by atoms with Gasteiger partial charge in [0.1, 0.15) is 0 Å². The van der Waals surface area contributed by atoms with Gasteiger partial charge in [-0.1, -0.05) is 0 Å². The molecule has 2 amide bonds. The van der Waals surface area contributed by atoms with Crippen LogP contribution in [0, 0.1) is 0 Å². The number of rotatable bonds is 0. The van der Waals surface area contributed by atoms with Crippen molar-refractivity contribution in [1.82, 2.24) is 9.80 Å². The molecule has 1 aliphatic heterocycles. The molecule has 1 aliphatic rings. The summed E-state index contributed by atoms with van der Waals surface area (Å²) in [5, 5.41) is 0.388. The molecule has 0 atom stereocenters. The summed E-state index contributed by atoms with van der Waals surface area (Å²) in [5.74, 6) is 0. The Bertz CT molecular complexity index is 178. The van der Waals surface area contributed by atoms with Crippen LogP contribution < -0.4 is 11.5 Å². The third kappa shape index (κ3) is 1.97. The van der Waals surface area contributed by atoms with Crippen molar-refractivity contribution in [1.29, 1.82) is 0 Å². The van der Waals surface area contributed by atoms with E-state index in [1.807, 2.05) is 4.90 Å². The minimum atomic E-state index is -0.377. The Morgan fingerprint density at radius 2 is 1.50 bits per heavy atom. The van der Waals surface area contributed by atoms with Gasteiger partial charge < -0.3 is 21.3 Å². The summed E-state index contributed by atoms with van der Waals surface area (Å²) in [7, 11) is 0. The van der Waals surface area contributed by atoms with Crippen molar-refractivity contribution in [3.8, 4) is 0 Å². The summed E-state index contributed by atoms with van der Waals surface area (Å²) in [6.45, 7) is 2.57. The fraction of sp³-hybridized carbons (Fsp3) is 0.667. The van der Waals surface area contributed by atoms with Gasteiger partial charge in [-0.05, 0) is 12.2 Å². The van der Waals surface area contributed by atoms with Gasteiger partial charge in [-0.3, -0.25) is 0 Å². The van der Waals surface area contributed by atoms with E-state index >= 15 is 0 Å². The van der Waals surface area contributed by atoms with Crippen molar-refractivity contribution in [2.45, 2.75) is 0 Å². The van der Waals surface area contributed by atoms with E-state index < -0.39 is 0 Å². The molecule has 0 aromatic rings. The summed E-state index contributed by atoms with van der Waals surface area (Å²) in [6, 6.07) is -0.377. The van der Waals surface area contributed by atoms with Gasteiger partial charge in [0.05, 0.1) is 0 Å². The minimum Gasteiger partial charge on any atom is -0.376 e. The third-order valence-electron chi connectivity index (χ3n) is 1.90. The highest BCUT2D eigenvalue weighted by atomic mass is 32.1. The smallest absolute Gasteiger partial charge is 0.314 e. The lowest BCUT2D eigenvalue weighted by atomic mass is 10.3. The van der Waals surface area contributed by atoms with Crippen LogP contribution in [0.15, 0.2) is 0 Å². The summed E-state index contributed by atoms with van der Waals surface area (Å²) in [5.41, 5.74) is 10.5. The average molecular weight is 188 g/mol. The van der Waals surface area contributed by atoms with Crippen molar-refractivity contribution in [2.75, 3.05) is 26.2 Å². The van der Waals surface area contributed by atoms with E-state index in [1.165, 1.54) is 0 Å². The zero-order chi connectivity index (χ0) is 9.14. The highest BCUT2D eigenvalue weighted by Gasteiger charge is 2.18. The lowest BCUT2D eigenvalue weighted by Gasteiger charge is -2.33. The molecule has 6 heteroatoms. The molecule has 0 radical (unpaired) electrons. The molecule has 0 saturated carbocycles. The fourth-order valence-electron chi connectivity index (χ4n) is 1.15. The van der Waals surface area contributed by atoms with Crippen LogP contribution >= 0.6 is 12.2 Å². The van der Waals surface area contributed by atoms with Crippen LogP contribution in [0.25, 0.3) is 0 Å². The fourth-order valence-corrected chi connectivity index (χ4v) is 1.33. The first-order valence-electron chi connectivity index (χ1n) is 3.70. The molecule has 1 heterocycles. The van der Waals surface area contributed by atoms with Gasteiger partial charge in [-0.25, -0.2) is 4.79 Å². The number of carbonyl (C=O) groups is 1. The Morgan fingerprint density at radius 1 is 1.08 bits per heavy atom. The van der Waals surface area contributed by atoms with E-state index in [4.69, 9.17) is 23.7 Å². The molecule has 5 nitrogen and oxygen atoms in total. The molecular formula is C6H12N4OS. The second kappa shape index (κ2) is 3.57. The topological polar surface area (TPSA) is 75.6 Å². The van der Waals surface area contributed by atoms with E-state index in [2.05, 4.69) is 0 Å². The summed E-state index contributed by atoms with van der Waals surface area (Å²) in [6.07, 6.45) is 0. The van der Waals surface area contributed by atoms with Gasteiger partial charge in [-0.15, -0.1) is 0 Å². The second-order valence-corrected chi connectivity index (χ2v) is 3.07. The van der Waals surface area contributed by atoms with Crippen molar-refractivity contribution >= 4 is 23.4 Å². The van der Waals surface area contributed by atoms with E-state index in [-0.39, 0.29) is 6.03 Å². The standard InChI is InChI=1S/C6H12N4OS/c7-5(11)9-1-3-10(4-2-9)6(8)12/h1-4H2,(H2,7,11)(H2,8,12). The predicted octanol–water partition coefficient (Wildman–Crippen LogP) is -1.07. The molecule has 1 saturated heterocycles. The molecule has 0 aromatic heterocycles. The second-order valence-electron chi connectivity index (χ2n) is 2.65. The quantitative estimate of drug-likeness (QED) is 0.474. The van der Waals surface area contributed by atoms with Crippen molar-refractivity contribution in [2.24, 2.45) is 11.5 Å². The molecule has 1 fully saturated rings. The molecule has 68 valence electrons. The van der Waals surface area contributed by atoms with Crippen LogP contribution in [0.2, 0.25) is 0 Å². The van der Waals surface area contributed by atoms with Crippen LogP contribution in [0.5, 0.6) is 0 Å². The van der Waals surface area contributed by atoms with Crippen LogP contribution in [0.4, 0.5) is 4.79 Å². The number of amides is 2. The largest absolute Gasteiger partial charge is 0.376 e. The summed E-state index contributed by atoms with van der Waals surface area (Å²) in [4.78, 5) is 14.1. The highest BCUT2D eigenvalue weighted by Crippen LogP contribution is 2.00. The lowest BCUT2D eigenvalue weighted by molar-refractivity contribution is 0.178. The van der Waals surface area contributed by atoms with Crippen LogP contribution in [0.3, 0.4) is 0 Å². The zero-order valence-corrected chi connectivity index (χ0v) is 7.51. The van der Waals surface area contributed by atoms with E-state index in [0.717, 1.165) is 0 Å². The Morgan fingerprint density at radius 3 is 1.83 bits per heavy atom. The first kappa shape index (κ1) is 9.05. The molecule has 12 heavy (non-hydrogen) atoms. The van der Waals surface area contributed by atoms with Crippen molar-refractivity contribution in [3.05, 3.63) is 0 Å². The first-order chi connectivity index (χ1) is 5.61. The van der Waals surface area contributed by atoms with E-state index in [0.29, 0.717) is 31.3 Å². The van der Waals surface area contributed by atoms with Crippen molar-refractivity contribution in [3.63, 3.8) is 0 Å². The highest BCUT2D eigenvalue weighted by molar-refractivity contribution is 7.80. The Hall–Kier alpha value is -1.04. The first-order valence-corrected chi connectivity index (χ1v) is 4.11. The summed E-state index contributed by atoms with van der Waals surface area (Å²) < 4.78 is 0. The maximum absolute atomic E-state index is 10.7. The number of nitrogens with two attached hydrogens (primary N) is 2. The van der Waals surface area contributed by atoms with Gasteiger partial charge >= 0.3 is 6.03 Å². The van der Waals surface area contributed by atoms with Crippen molar-refractivity contribution < 1.29 is 4.79 Å². The molecule has 0 bridgehead atoms. The number of hydrogen-bond donors (Lipinski definition) is 2. The molecular weight excluding hydrogens is 176 g/mol. The number of primary amides is 1. The van der Waals surface area contributed by atoms with E-state index in [1.54, 1.807) is 4.90 Å². The molecule has 0 unspecified atom stereocenters. The maximum atomic E-state index is 10.7. The monoisotopic (exact) mass is 188 g/mol. The van der Waals surface area contributed by atoms with Gasteiger partial charge in [0.15, 0.2) is 5.11 Å². The molecule has 4 N–H and O–H groups in total. The molecule has 1 rings (SSSR count). The van der Waals surface area contributed by atoms with Crippen LogP contribution in [-0.4, -0.2) is 47.1 Å². The zero-order valence-electron chi connectivity index (χ0n) is 6.69. The van der Waals surface area contributed by atoms with Gasteiger partial charge in [-0.2, -0.15) is 0 Å². The SMILES string of the molecule is NC(=O)N1CCN(C(N)=S)CC1. The van der Waals surface area contributed by atoms with Crippen LogP contribution in [-0.2, 0) is 0 Å². The summed E-state index contributed by atoms with van der Waals surface area (Å²) >= 11 is 4.79. The number of piperazine rings is 1. The van der Waals surface area contributed by atoms with E-state index in [9.17, 15) is 4.79 Å². The number of nitrogens with zero attached hydrogens (tertiary/aromatic N) is 2. The Kier molecular flexibility index (Phi) is 2.69.